The first-order valence-corrected chi connectivity index (χ1v) is 7.06. The van der Waals surface area contributed by atoms with Crippen LogP contribution in [0.2, 0.25) is 0 Å². The molecule has 0 saturated carbocycles. The average molecular weight is 284 g/mol. The van der Waals surface area contributed by atoms with Crippen LogP contribution in [-0.4, -0.2) is 20.0 Å². The van der Waals surface area contributed by atoms with Gasteiger partial charge in [0.25, 0.3) is 0 Å². The molecular weight excluding hydrogens is 264 g/mol. The van der Waals surface area contributed by atoms with Crippen molar-refractivity contribution in [3.05, 3.63) is 48.0 Å². The van der Waals surface area contributed by atoms with Crippen LogP contribution in [0.25, 0.3) is 11.1 Å². The Morgan fingerprint density at radius 3 is 2.29 bits per heavy atom. The first-order chi connectivity index (χ1) is 10.2. The van der Waals surface area contributed by atoms with E-state index in [-0.39, 0.29) is 5.78 Å². The summed E-state index contributed by atoms with van der Waals surface area (Å²) in [7, 11) is 3.19. The van der Waals surface area contributed by atoms with E-state index in [0.29, 0.717) is 23.5 Å². The Morgan fingerprint density at radius 2 is 1.71 bits per heavy atom. The zero-order valence-corrected chi connectivity index (χ0v) is 12.7. The third-order valence-electron chi connectivity index (χ3n) is 3.39. The van der Waals surface area contributed by atoms with Gasteiger partial charge in [0.15, 0.2) is 17.3 Å². The number of Topliss-reactive ketones (excluding diaryl/α,β-unsaturated/α-hetero) is 1. The van der Waals surface area contributed by atoms with E-state index in [1.54, 1.807) is 20.3 Å². The molecule has 0 saturated heterocycles. The Hall–Kier alpha value is -2.29. The molecule has 0 aliphatic heterocycles. The molecule has 0 N–H and O–H groups in total. The van der Waals surface area contributed by atoms with E-state index in [1.165, 1.54) is 0 Å². The highest BCUT2D eigenvalue weighted by molar-refractivity contribution is 6.04. The smallest absolute Gasteiger partial charge is 0.169 e. The standard InChI is InChI=1S/C18H20O3/c1-4-8-15(19)14-11-12-16(20-2)18(21-3)17(14)13-9-6-5-7-10-13/h5-7,9-12H,4,8H2,1-3H3. The van der Waals surface area contributed by atoms with Gasteiger partial charge in [0.05, 0.1) is 14.2 Å². The largest absolute Gasteiger partial charge is 0.493 e. The van der Waals surface area contributed by atoms with Crippen LogP contribution in [0.1, 0.15) is 30.1 Å². The molecular formula is C18H20O3. The molecule has 3 nitrogen and oxygen atoms in total. The number of ketones is 1. The highest BCUT2D eigenvalue weighted by atomic mass is 16.5. The zero-order chi connectivity index (χ0) is 15.2. The fraction of sp³-hybridized carbons (Fsp3) is 0.278. The average Bonchev–Trinajstić information content (AvgIpc) is 2.54. The summed E-state index contributed by atoms with van der Waals surface area (Å²) in [5.74, 6) is 1.35. The number of ether oxygens (including phenoxy) is 2. The number of carbonyl (C=O) groups excluding carboxylic acids is 1. The lowest BCUT2D eigenvalue weighted by molar-refractivity contribution is 0.0982. The second-order valence-corrected chi connectivity index (χ2v) is 4.76. The third-order valence-corrected chi connectivity index (χ3v) is 3.39. The van der Waals surface area contributed by atoms with Crippen LogP contribution in [-0.2, 0) is 0 Å². The molecule has 0 aromatic heterocycles. The highest BCUT2D eigenvalue weighted by Gasteiger charge is 2.20. The second-order valence-electron chi connectivity index (χ2n) is 4.76. The summed E-state index contributed by atoms with van der Waals surface area (Å²) in [6.45, 7) is 2.00. The number of carbonyl (C=O) groups is 1. The van der Waals surface area contributed by atoms with Gasteiger partial charge >= 0.3 is 0 Å². The molecule has 2 rings (SSSR count). The van der Waals surface area contributed by atoms with E-state index in [0.717, 1.165) is 17.5 Å². The van der Waals surface area contributed by atoms with E-state index in [2.05, 4.69) is 0 Å². The summed E-state index contributed by atoms with van der Waals surface area (Å²) in [6.07, 6.45) is 1.34. The highest BCUT2D eigenvalue weighted by Crippen LogP contribution is 2.41. The Bertz CT molecular complexity index is 618. The predicted octanol–water partition coefficient (Wildman–Crippen LogP) is 4.35. The van der Waals surface area contributed by atoms with Crippen LogP contribution in [0, 0.1) is 0 Å². The number of hydrogen-bond donors (Lipinski definition) is 0. The number of rotatable bonds is 6. The van der Waals surface area contributed by atoms with Gasteiger partial charge < -0.3 is 9.47 Å². The predicted molar refractivity (Wildman–Crippen MR) is 84.2 cm³/mol. The molecule has 0 amide bonds. The van der Waals surface area contributed by atoms with E-state index < -0.39 is 0 Å². The van der Waals surface area contributed by atoms with Crippen LogP contribution in [0.4, 0.5) is 0 Å². The van der Waals surface area contributed by atoms with Crippen molar-refractivity contribution in [1.29, 1.82) is 0 Å². The molecule has 21 heavy (non-hydrogen) atoms. The van der Waals surface area contributed by atoms with Gasteiger partial charge in [0.1, 0.15) is 0 Å². The fourth-order valence-electron chi connectivity index (χ4n) is 2.41. The molecule has 0 radical (unpaired) electrons. The molecule has 0 unspecified atom stereocenters. The van der Waals surface area contributed by atoms with Crippen LogP contribution in [0.3, 0.4) is 0 Å². The third kappa shape index (κ3) is 3.07. The van der Waals surface area contributed by atoms with Crippen molar-refractivity contribution in [2.45, 2.75) is 19.8 Å². The first-order valence-electron chi connectivity index (χ1n) is 7.06. The zero-order valence-electron chi connectivity index (χ0n) is 12.7. The lowest BCUT2D eigenvalue weighted by Gasteiger charge is -2.16. The molecule has 2 aromatic carbocycles. The van der Waals surface area contributed by atoms with E-state index in [1.807, 2.05) is 43.3 Å². The van der Waals surface area contributed by atoms with Crippen LogP contribution in [0.15, 0.2) is 42.5 Å². The Balaban J connectivity index is 2.69. The van der Waals surface area contributed by atoms with E-state index in [9.17, 15) is 4.79 Å². The minimum Gasteiger partial charge on any atom is -0.493 e. The summed E-state index contributed by atoms with van der Waals surface area (Å²) in [4.78, 5) is 12.4. The number of methoxy groups -OCH3 is 2. The Kier molecular flexibility index (Phi) is 4.99. The minimum absolute atomic E-state index is 0.123. The molecule has 2 aromatic rings. The van der Waals surface area contributed by atoms with Crippen molar-refractivity contribution >= 4 is 5.78 Å². The van der Waals surface area contributed by atoms with Gasteiger partial charge in [-0.15, -0.1) is 0 Å². The molecule has 0 aliphatic carbocycles. The maximum Gasteiger partial charge on any atom is 0.169 e. The number of hydrogen-bond acceptors (Lipinski definition) is 3. The van der Waals surface area contributed by atoms with Gasteiger partial charge in [-0.05, 0) is 24.1 Å². The summed E-state index contributed by atoms with van der Waals surface area (Å²) >= 11 is 0. The maximum atomic E-state index is 12.4. The molecule has 0 heterocycles. The minimum atomic E-state index is 0.123. The van der Waals surface area contributed by atoms with Crippen molar-refractivity contribution in [3.63, 3.8) is 0 Å². The van der Waals surface area contributed by atoms with Gasteiger partial charge in [-0.2, -0.15) is 0 Å². The lowest BCUT2D eigenvalue weighted by Crippen LogP contribution is -2.04. The SMILES string of the molecule is CCCC(=O)c1ccc(OC)c(OC)c1-c1ccccc1. The second kappa shape index (κ2) is 6.93. The summed E-state index contributed by atoms with van der Waals surface area (Å²) in [5.41, 5.74) is 2.43. The quantitative estimate of drug-likeness (QED) is 0.740. The molecule has 3 heteroatoms. The topological polar surface area (TPSA) is 35.5 Å². The van der Waals surface area contributed by atoms with Crippen molar-refractivity contribution in [1.82, 2.24) is 0 Å². The first kappa shape index (κ1) is 15.1. The Morgan fingerprint density at radius 1 is 1.00 bits per heavy atom. The van der Waals surface area contributed by atoms with Gasteiger partial charge in [-0.25, -0.2) is 0 Å². The molecule has 0 fully saturated rings. The monoisotopic (exact) mass is 284 g/mol. The van der Waals surface area contributed by atoms with Crippen LogP contribution in [0.5, 0.6) is 11.5 Å². The van der Waals surface area contributed by atoms with Crippen molar-refractivity contribution in [2.75, 3.05) is 14.2 Å². The van der Waals surface area contributed by atoms with Gasteiger partial charge in [-0.3, -0.25) is 4.79 Å². The maximum absolute atomic E-state index is 12.4. The van der Waals surface area contributed by atoms with E-state index in [4.69, 9.17) is 9.47 Å². The van der Waals surface area contributed by atoms with Gasteiger partial charge in [-0.1, -0.05) is 37.3 Å². The van der Waals surface area contributed by atoms with Crippen LogP contribution < -0.4 is 9.47 Å². The number of benzene rings is 2. The van der Waals surface area contributed by atoms with Crippen molar-refractivity contribution in [3.8, 4) is 22.6 Å². The normalized spacial score (nSPS) is 10.2. The molecule has 0 aliphatic rings. The molecule has 0 atom stereocenters. The van der Waals surface area contributed by atoms with Crippen molar-refractivity contribution < 1.29 is 14.3 Å². The summed E-state index contributed by atoms with van der Waals surface area (Å²) in [5, 5.41) is 0. The van der Waals surface area contributed by atoms with Gasteiger partial charge in [0.2, 0.25) is 0 Å². The van der Waals surface area contributed by atoms with Crippen LogP contribution >= 0.6 is 0 Å². The van der Waals surface area contributed by atoms with Gasteiger partial charge in [0, 0.05) is 17.5 Å². The summed E-state index contributed by atoms with van der Waals surface area (Å²) < 4.78 is 10.9. The summed E-state index contributed by atoms with van der Waals surface area (Å²) in [6, 6.07) is 13.4. The van der Waals surface area contributed by atoms with Crippen molar-refractivity contribution in [2.24, 2.45) is 0 Å². The lowest BCUT2D eigenvalue weighted by atomic mass is 9.94. The molecule has 110 valence electrons. The Labute approximate surface area is 125 Å². The fourth-order valence-corrected chi connectivity index (χ4v) is 2.41. The van der Waals surface area contributed by atoms with E-state index >= 15 is 0 Å². The molecule has 0 bridgehead atoms. The molecule has 0 spiro atoms.